The highest BCUT2D eigenvalue weighted by Gasteiger charge is 2.16. The predicted octanol–water partition coefficient (Wildman–Crippen LogP) is 1.42. The van der Waals surface area contributed by atoms with Crippen molar-refractivity contribution < 1.29 is 4.79 Å². The van der Waals surface area contributed by atoms with Crippen molar-refractivity contribution in [2.45, 2.75) is 38.9 Å². The highest BCUT2D eigenvalue weighted by Crippen LogP contribution is 2.10. The molecule has 7 heteroatoms. The number of carbonyl (C=O) groups is 1. The average Bonchev–Trinajstić information content (AvgIpc) is 2.68. The van der Waals surface area contributed by atoms with Gasteiger partial charge in [0.1, 0.15) is 5.84 Å². The van der Waals surface area contributed by atoms with Gasteiger partial charge >= 0.3 is 0 Å². The van der Waals surface area contributed by atoms with E-state index in [-0.39, 0.29) is 23.6 Å². The number of aliphatic imine (C=N–C) groups is 1. The van der Waals surface area contributed by atoms with Crippen LogP contribution in [0.2, 0.25) is 0 Å². The second-order valence-corrected chi connectivity index (χ2v) is 6.65. The minimum absolute atomic E-state index is 0.0467. The molecule has 148 valence electrons. The zero-order valence-electron chi connectivity index (χ0n) is 16.1. The van der Waals surface area contributed by atoms with Crippen LogP contribution in [0.25, 0.3) is 0 Å². The van der Waals surface area contributed by atoms with Gasteiger partial charge in [0.25, 0.3) is 0 Å². The number of Topliss-reactive ketones (excluding diaryl/α,β-unsaturated/α-hetero) is 1. The van der Waals surface area contributed by atoms with Crippen molar-refractivity contribution in [1.29, 1.82) is 5.41 Å². The monoisotopic (exact) mass is 380 g/mol. The van der Waals surface area contributed by atoms with E-state index in [0.717, 1.165) is 16.7 Å². The number of nitrogen functional groups attached to an aromatic ring is 1. The van der Waals surface area contributed by atoms with Gasteiger partial charge in [-0.3, -0.25) is 10.2 Å². The Labute approximate surface area is 165 Å². The van der Waals surface area contributed by atoms with Crippen LogP contribution >= 0.6 is 0 Å². The second-order valence-electron chi connectivity index (χ2n) is 6.65. The summed E-state index contributed by atoms with van der Waals surface area (Å²) in [6.07, 6.45) is 1.09. The summed E-state index contributed by atoms with van der Waals surface area (Å²) in [7, 11) is 0. The first-order valence-corrected chi connectivity index (χ1v) is 9.21. The number of benzene rings is 2. The summed E-state index contributed by atoms with van der Waals surface area (Å²) in [6, 6.07) is 15.0. The van der Waals surface area contributed by atoms with Gasteiger partial charge in [-0.2, -0.15) is 0 Å². The van der Waals surface area contributed by atoms with Crippen LogP contribution in [0.5, 0.6) is 0 Å². The van der Waals surface area contributed by atoms with Crippen molar-refractivity contribution in [3.05, 3.63) is 70.8 Å². The fourth-order valence-corrected chi connectivity index (χ4v) is 2.80. The lowest BCUT2D eigenvalue weighted by atomic mass is 10.0. The lowest BCUT2D eigenvalue weighted by molar-refractivity contribution is -0.120. The number of nitrogens with one attached hydrogen (secondary N) is 2. The van der Waals surface area contributed by atoms with Crippen molar-refractivity contribution >= 4 is 17.6 Å². The van der Waals surface area contributed by atoms with E-state index in [0.29, 0.717) is 31.5 Å². The molecule has 0 amide bonds. The van der Waals surface area contributed by atoms with Crippen LogP contribution in [0, 0.1) is 5.41 Å². The van der Waals surface area contributed by atoms with E-state index in [2.05, 4.69) is 10.3 Å². The minimum Gasteiger partial charge on any atom is -0.384 e. The second kappa shape index (κ2) is 10.2. The Morgan fingerprint density at radius 1 is 1.00 bits per heavy atom. The molecular weight excluding hydrogens is 352 g/mol. The van der Waals surface area contributed by atoms with E-state index in [9.17, 15) is 4.79 Å². The SMILES string of the molecule is CCC(NCc1ccc(C(=N)N)cc1)C(=O)Cc1ccc(CN=C(N)N)cc1. The van der Waals surface area contributed by atoms with Gasteiger partial charge < -0.3 is 22.5 Å². The number of hydrogen-bond acceptors (Lipinski definition) is 4. The number of guanidine groups is 1. The number of hydrogen-bond donors (Lipinski definition) is 5. The normalized spacial score (nSPS) is 11.6. The topological polar surface area (TPSA) is 143 Å². The molecule has 28 heavy (non-hydrogen) atoms. The first-order valence-electron chi connectivity index (χ1n) is 9.21. The molecule has 1 unspecified atom stereocenters. The Hall–Kier alpha value is -3.19. The van der Waals surface area contributed by atoms with Crippen molar-refractivity contribution in [1.82, 2.24) is 5.32 Å². The van der Waals surface area contributed by atoms with Crippen molar-refractivity contribution in [3.63, 3.8) is 0 Å². The zero-order chi connectivity index (χ0) is 20.5. The van der Waals surface area contributed by atoms with Crippen LogP contribution in [-0.4, -0.2) is 23.6 Å². The fourth-order valence-electron chi connectivity index (χ4n) is 2.80. The number of nitrogens with zero attached hydrogens (tertiary/aromatic N) is 1. The highest BCUT2D eigenvalue weighted by molar-refractivity contribution is 5.94. The molecule has 0 saturated carbocycles. The van der Waals surface area contributed by atoms with Crippen LogP contribution in [0.1, 0.15) is 35.6 Å². The molecule has 0 aliphatic carbocycles. The van der Waals surface area contributed by atoms with Gasteiger partial charge in [0.05, 0.1) is 12.6 Å². The summed E-state index contributed by atoms with van der Waals surface area (Å²) >= 11 is 0. The van der Waals surface area contributed by atoms with Gasteiger partial charge in [-0.1, -0.05) is 55.5 Å². The third-order valence-electron chi connectivity index (χ3n) is 4.46. The van der Waals surface area contributed by atoms with Gasteiger partial charge in [0.2, 0.25) is 0 Å². The first kappa shape index (κ1) is 21.1. The third-order valence-corrected chi connectivity index (χ3v) is 4.46. The maximum atomic E-state index is 12.6. The van der Waals surface area contributed by atoms with Crippen LogP contribution in [0.3, 0.4) is 0 Å². The van der Waals surface area contributed by atoms with E-state index in [4.69, 9.17) is 22.6 Å². The van der Waals surface area contributed by atoms with E-state index in [1.807, 2.05) is 55.5 Å². The summed E-state index contributed by atoms with van der Waals surface area (Å²) < 4.78 is 0. The summed E-state index contributed by atoms with van der Waals surface area (Å²) in [4.78, 5) is 16.6. The number of nitrogens with two attached hydrogens (primary N) is 3. The van der Waals surface area contributed by atoms with Crippen molar-refractivity contribution in [2.24, 2.45) is 22.2 Å². The molecule has 0 saturated heterocycles. The molecule has 0 radical (unpaired) electrons. The molecule has 0 aromatic heterocycles. The molecule has 0 fully saturated rings. The van der Waals surface area contributed by atoms with Gasteiger partial charge in [-0.25, -0.2) is 4.99 Å². The molecule has 7 nitrogen and oxygen atoms in total. The Morgan fingerprint density at radius 3 is 2.11 bits per heavy atom. The molecule has 8 N–H and O–H groups in total. The summed E-state index contributed by atoms with van der Waals surface area (Å²) in [6.45, 7) is 3.00. The van der Waals surface area contributed by atoms with E-state index in [1.165, 1.54) is 0 Å². The number of amidine groups is 1. The molecule has 2 aromatic rings. The molecule has 0 aliphatic rings. The zero-order valence-corrected chi connectivity index (χ0v) is 16.1. The minimum atomic E-state index is -0.214. The molecule has 0 heterocycles. The molecule has 2 rings (SSSR count). The Balaban J connectivity index is 1.90. The highest BCUT2D eigenvalue weighted by atomic mass is 16.1. The quantitative estimate of drug-likeness (QED) is 0.313. The summed E-state index contributed by atoms with van der Waals surface area (Å²) in [5.41, 5.74) is 19.8. The van der Waals surface area contributed by atoms with Crippen molar-refractivity contribution in [2.75, 3.05) is 0 Å². The smallest absolute Gasteiger partial charge is 0.186 e. The molecule has 0 spiro atoms. The molecule has 2 aromatic carbocycles. The lowest BCUT2D eigenvalue weighted by Gasteiger charge is -2.16. The van der Waals surface area contributed by atoms with Crippen LogP contribution < -0.4 is 22.5 Å². The molecule has 1 atom stereocenters. The fraction of sp³-hybridized carbons (Fsp3) is 0.286. The van der Waals surface area contributed by atoms with E-state index in [1.54, 1.807) is 0 Å². The number of ketones is 1. The molecular formula is C21H28N6O. The van der Waals surface area contributed by atoms with Crippen LogP contribution in [-0.2, 0) is 24.3 Å². The Kier molecular flexibility index (Phi) is 7.71. The standard InChI is InChI=1S/C21H28N6O/c1-2-18(26-12-16-7-9-17(10-8-16)20(22)23)19(28)11-14-3-5-15(6-4-14)13-27-21(24)25/h3-10,18,26H,2,11-13H2,1H3,(H3,22,23)(H4,24,25,27). The molecule has 0 bridgehead atoms. The van der Waals surface area contributed by atoms with Gasteiger partial charge in [0, 0.05) is 18.5 Å². The predicted molar refractivity (Wildman–Crippen MR) is 113 cm³/mol. The Morgan fingerprint density at radius 2 is 1.57 bits per heavy atom. The maximum Gasteiger partial charge on any atom is 0.186 e. The van der Waals surface area contributed by atoms with Gasteiger partial charge in [0.15, 0.2) is 11.7 Å². The number of carbonyl (C=O) groups excluding carboxylic acids is 1. The maximum absolute atomic E-state index is 12.6. The molecule has 0 aliphatic heterocycles. The lowest BCUT2D eigenvalue weighted by Crippen LogP contribution is -2.36. The largest absolute Gasteiger partial charge is 0.384 e. The van der Waals surface area contributed by atoms with Gasteiger partial charge in [-0.15, -0.1) is 0 Å². The van der Waals surface area contributed by atoms with Crippen LogP contribution in [0.15, 0.2) is 53.5 Å². The van der Waals surface area contributed by atoms with E-state index >= 15 is 0 Å². The third kappa shape index (κ3) is 6.51. The summed E-state index contributed by atoms with van der Waals surface area (Å²) in [5.74, 6) is 0.261. The van der Waals surface area contributed by atoms with Crippen molar-refractivity contribution in [3.8, 4) is 0 Å². The van der Waals surface area contributed by atoms with Crippen LogP contribution in [0.4, 0.5) is 0 Å². The van der Waals surface area contributed by atoms with E-state index < -0.39 is 0 Å². The first-order chi connectivity index (χ1) is 13.4. The summed E-state index contributed by atoms with van der Waals surface area (Å²) in [5, 5.41) is 10.7. The van der Waals surface area contributed by atoms with Gasteiger partial charge in [-0.05, 0) is 23.1 Å². The Bertz CT molecular complexity index is 823. The number of rotatable bonds is 10. The average molecular weight is 380 g/mol.